The average Bonchev–Trinajstić information content (AvgIpc) is 2.49. The lowest BCUT2D eigenvalue weighted by molar-refractivity contribution is -0.149. The smallest absolute Gasteiger partial charge is 0.407 e. The highest BCUT2D eigenvalue weighted by molar-refractivity contribution is 5.80. The number of carbonyl (C=O) groups is 2. The number of alkyl carbamates (subject to hydrolysis) is 1. The third-order valence-corrected chi connectivity index (χ3v) is 3.03. The number of amides is 1. The van der Waals surface area contributed by atoms with Crippen LogP contribution in [0.1, 0.15) is 19.3 Å². The SMILES string of the molecule is O=C1NCC(CNC2(C(=O)O)CCC2)O1. The maximum Gasteiger partial charge on any atom is 0.407 e. The van der Waals surface area contributed by atoms with Crippen LogP contribution in [0.3, 0.4) is 0 Å². The van der Waals surface area contributed by atoms with Crippen molar-refractivity contribution >= 4 is 12.1 Å². The van der Waals surface area contributed by atoms with Crippen LogP contribution in [-0.2, 0) is 9.53 Å². The van der Waals surface area contributed by atoms with Gasteiger partial charge in [-0.05, 0) is 19.3 Å². The molecule has 1 saturated carbocycles. The van der Waals surface area contributed by atoms with Gasteiger partial charge in [0.15, 0.2) is 0 Å². The summed E-state index contributed by atoms with van der Waals surface area (Å²) < 4.78 is 4.90. The normalized spacial score (nSPS) is 27.7. The molecule has 0 spiro atoms. The summed E-state index contributed by atoms with van der Waals surface area (Å²) in [6.07, 6.45) is 1.55. The van der Waals surface area contributed by atoms with Gasteiger partial charge in [-0.25, -0.2) is 4.79 Å². The van der Waals surface area contributed by atoms with Crippen LogP contribution in [0.2, 0.25) is 0 Å². The molecule has 2 fully saturated rings. The fraction of sp³-hybridized carbons (Fsp3) is 0.778. The minimum atomic E-state index is -0.814. The van der Waals surface area contributed by atoms with E-state index in [4.69, 9.17) is 9.84 Å². The van der Waals surface area contributed by atoms with Gasteiger partial charge in [-0.2, -0.15) is 0 Å². The minimum Gasteiger partial charge on any atom is -0.480 e. The number of hydrogen-bond acceptors (Lipinski definition) is 4. The average molecular weight is 214 g/mol. The van der Waals surface area contributed by atoms with Gasteiger partial charge in [0.1, 0.15) is 11.6 Å². The largest absolute Gasteiger partial charge is 0.480 e. The Bertz CT molecular complexity index is 288. The number of rotatable bonds is 4. The van der Waals surface area contributed by atoms with Gasteiger partial charge in [0.05, 0.1) is 6.54 Å². The van der Waals surface area contributed by atoms with Gasteiger partial charge in [0, 0.05) is 6.54 Å². The van der Waals surface area contributed by atoms with E-state index in [1.807, 2.05) is 0 Å². The van der Waals surface area contributed by atoms with Crippen LogP contribution in [0.5, 0.6) is 0 Å². The Kier molecular flexibility index (Phi) is 2.52. The van der Waals surface area contributed by atoms with Crippen molar-refractivity contribution in [3.05, 3.63) is 0 Å². The molecule has 1 aliphatic heterocycles. The van der Waals surface area contributed by atoms with E-state index in [0.29, 0.717) is 25.9 Å². The Labute approximate surface area is 87.0 Å². The molecule has 15 heavy (non-hydrogen) atoms. The predicted octanol–water partition coefficient (Wildman–Crippen LogP) is -0.308. The summed E-state index contributed by atoms with van der Waals surface area (Å²) in [6, 6.07) is 0. The van der Waals surface area contributed by atoms with Crippen molar-refractivity contribution in [2.45, 2.75) is 30.9 Å². The Morgan fingerprint density at radius 3 is 2.80 bits per heavy atom. The molecule has 0 aromatic heterocycles. The molecule has 1 atom stereocenters. The van der Waals surface area contributed by atoms with E-state index in [9.17, 15) is 9.59 Å². The number of carbonyl (C=O) groups excluding carboxylic acids is 1. The van der Waals surface area contributed by atoms with E-state index in [-0.39, 0.29) is 6.10 Å². The van der Waals surface area contributed by atoms with Crippen molar-refractivity contribution in [3.8, 4) is 0 Å². The number of hydrogen-bond donors (Lipinski definition) is 3. The molecule has 0 aromatic carbocycles. The van der Waals surface area contributed by atoms with Gasteiger partial charge >= 0.3 is 12.1 Å². The lowest BCUT2D eigenvalue weighted by Gasteiger charge is -2.38. The summed E-state index contributed by atoms with van der Waals surface area (Å²) >= 11 is 0. The first-order chi connectivity index (χ1) is 7.12. The van der Waals surface area contributed by atoms with E-state index in [1.54, 1.807) is 0 Å². The van der Waals surface area contributed by atoms with Gasteiger partial charge in [-0.1, -0.05) is 0 Å². The first-order valence-corrected chi connectivity index (χ1v) is 5.05. The summed E-state index contributed by atoms with van der Waals surface area (Å²) in [4.78, 5) is 21.7. The monoisotopic (exact) mass is 214 g/mol. The van der Waals surface area contributed by atoms with E-state index in [0.717, 1.165) is 6.42 Å². The molecule has 6 heteroatoms. The number of ether oxygens (including phenoxy) is 1. The number of nitrogens with one attached hydrogen (secondary N) is 2. The van der Waals surface area contributed by atoms with E-state index in [2.05, 4.69) is 10.6 Å². The molecule has 1 unspecified atom stereocenters. The molecular weight excluding hydrogens is 200 g/mol. The van der Waals surface area contributed by atoms with Crippen molar-refractivity contribution in [3.63, 3.8) is 0 Å². The maximum atomic E-state index is 11.0. The van der Waals surface area contributed by atoms with Gasteiger partial charge in [-0.15, -0.1) is 0 Å². The fourth-order valence-corrected chi connectivity index (χ4v) is 1.85. The maximum absolute atomic E-state index is 11.0. The Hall–Kier alpha value is -1.30. The molecule has 1 saturated heterocycles. The predicted molar refractivity (Wildman–Crippen MR) is 50.5 cm³/mol. The molecule has 0 aromatic rings. The zero-order chi connectivity index (χ0) is 10.9. The molecule has 2 aliphatic rings. The quantitative estimate of drug-likeness (QED) is 0.597. The summed E-state index contributed by atoms with van der Waals surface area (Å²) in [7, 11) is 0. The second-order valence-electron chi connectivity index (χ2n) is 4.03. The van der Waals surface area contributed by atoms with E-state index >= 15 is 0 Å². The van der Waals surface area contributed by atoms with Crippen LogP contribution >= 0.6 is 0 Å². The minimum absolute atomic E-state index is 0.255. The molecule has 1 aliphatic carbocycles. The lowest BCUT2D eigenvalue weighted by atomic mass is 9.76. The van der Waals surface area contributed by atoms with Crippen LogP contribution < -0.4 is 10.6 Å². The molecule has 0 bridgehead atoms. The highest BCUT2D eigenvalue weighted by Gasteiger charge is 2.44. The third kappa shape index (κ3) is 1.90. The summed E-state index contributed by atoms with van der Waals surface area (Å²) in [5.74, 6) is -0.814. The van der Waals surface area contributed by atoms with E-state index in [1.165, 1.54) is 0 Å². The van der Waals surface area contributed by atoms with Crippen molar-refractivity contribution in [2.75, 3.05) is 13.1 Å². The molecule has 1 amide bonds. The first-order valence-electron chi connectivity index (χ1n) is 5.05. The topological polar surface area (TPSA) is 87.7 Å². The Morgan fingerprint density at radius 2 is 2.40 bits per heavy atom. The van der Waals surface area contributed by atoms with Gasteiger partial charge < -0.3 is 15.2 Å². The summed E-state index contributed by atoms with van der Waals surface area (Å²) in [5.41, 5.74) is -0.783. The standard InChI is InChI=1S/C9H14N2O4/c12-7(13)9(2-1-3-9)11-5-6-4-10-8(14)15-6/h6,11H,1-5H2,(H,10,14)(H,12,13). The lowest BCUT2D eigenvalue weighted by Crippen LogP contribution is -2.58. The van der Waals surface area contributed by atoms with Crippen LogP contribution in [0.15, 0.2) is 0 Å². The van der Waals surface area contributed by atoms with Gasteiger partial charge in [0.25, 0.3) is 0 Å². The molecular formula is C9H14N2O4. The van der Waals surface area contributed by atoms with Crippen molar-refractivity contribution in [1.82, 2.24) is 10.6 Å². The molecule has 3 N–H and O–H groups in total. The van der Waals surface area contributed by atoms with Crippen molar-refractivity contribution < 1.29 is 19.4 Å². The molecule has 84 valence electrons. The van der Waals surface area contributed by atoms with Gasteiger partial charge in [-0.3, -0.25) is 10.1 Å². The number of cyclic esters (lactones) is 1. The molecule has 2 rings (SSSR count). The molecule has 6 nitrogen and oxygen atoms in total. The second kappa shape index (κ2) is 3.69. The zero-order valence-electron chi connectivity index (χ0n) is 8.28. The number of carboxylic acids is 1. The molecule has 1 heterocycles. The summed E-state index contributed by atoms with van der Waals surface area (Å²) in [6.45, 7) is 0.840. The van der Waals surface area contributed by atoms with Crippen LogP contribution in [0.4, 0.5) is 4.79 Å². The van der Waals surface area contributed by atoms with E-state index < -0.39 is 17.6 Å². The molecule has 0 radical (unpaired) electrons. The second-order valence-corrected chi connectivity index (χ2v) is 4.03. The Balaban J connectivity index is 1.81. The fourth-order valence-electron chi connectivity index (χ4n) is 1.85. The zero-order valence-corrected chi connectivity index (χ0v) is 8.28. The summed E-state index contributed by atoms with van der Waals surface area (Å²) in [5, 5.41) is 14.5. The van der Waals surface area contributed by atoms with Crippen LogP contribution in [0.25, 0.3) is 0 Å². The first kappa shape index (κ1) is 10.2. The number of aliphatic carboxylic acids is 1. The van der Waals surface area contributed by atoms with Crippen molar-refractivity contribution in [2.24, 2.45) is 0 Å². The highest BCUT2D eigenvalue weighted by Crippen LogP contribution is 2.31. The highest BCUT2D eigenvalue weighted by atomic mass is 16.6. The Morgan fingerprint density at radius 1 is 1.67 bits per heavy atom. The van der Waals surface area contributed by atoms with Crippen molar-refractivity contribution in [1.29, 1.82) is 0 Å². The van der Waals surface area contributed by atoms with Crippen LogP contribution in [-0.4, -0.2) is 41.9 Å². The third-order valence-electron chi connectivity index (χ3n) is 3.03. The van der Waals surface area contributed by atoms with Crippen LogP contribution in [0, 0.1) is 0 Å². The van der Waals surface area contributed by atoms with Gasteiger partial charge in [0.2, 0.25) is 0 Å². The number of carboxylic acid groups (broad SMARTS) is 1.